The molecule has 0 aliphatic carbocycles. The lowest BCUT2D eigenvalue weighted by molar-refractivity contribution is 0.102. The van der Waals surface area contributed by atoms with Crippen LogP contribution in [0.4, 0.5) is 10.3 Å². The molecule has 0 bridgehead atoms. The summed E-state index contributed by atoms with van der Waals surface area (Å²) in [5, 5.41) is 12.0. The summed E-state index contributed by atoms with van der Waals surface area (Å²) in [5.41, 5.74) is 4.08. The summed E-state index contributed by atoms with van der Waals surface area (Å²) >= 11 is 0. The largest absolute Gasteiger partial charge is 0.289 e. The van der Waals surface area contributed by atoms with Crippen LogP contribution in [-0.4, -0.2) is 35.4 Å². The summed E-state index contributed by atoms with van der Waals surface area (Å²) in [7, 11) is 1.86. The van der Waals surface area contributed by atoms with E-state index in [2.05, 4.69) is 20.5 Å². The second kappa shape index (κ2) is 8.27. The Morgan fingerprint density at radius 3 is 2.70 bits per heavy atom. The second-order valence-electron chi connectivity index (χ2n) is 7.65. The number of aryl methyl sites for hydroxylation is 1. The number of fused-ring (bicyclic) bond motifs is 1. The van der Waals surface area contributed by atoms with Gasteiger partial charge in [-0.05, 0) is 25.1 Å². The fourth-order valence-corrected chi connectivity index (χ4v) is 3.65. The third-order valence-electron chi connectivity index (χ3n) is 5.52. The highest BCUT2D eigenvalue weighted by molar-refractivity contribution is 6.12. The van der Waals surface area contributed by atoms with Gasteiger partial charge in [0.05, 0.1) is 29.5 Å². The Morgan fingerprint density at radius 2 is 1.91 bits per heavy atom. The van der Waals surface area contributed by atoms with Crippen LogP contribution in [0.2, 0.25) is 0 Å². The van der Waals surface area contributed by atoms with E-state index in [9.17, 15) is 9.18 Å². The first-order valence-electron chi connectivity index (χ1n) is 10.3. The molecule has 2 aromatic carbocycles. The van der Waals surface area contributed by atoms with Gasteiger partial charge in [-0.15, -0.1) is 5.10 Å². The van der Waals surface area contributed by atoms with Crippen LogP contribution in [0.5, 0.6) is 0 Å². The van der Waals surface area contributed by atoms with Crippen LogP contribution in [0, 0.1) is 12.7 Å². The molecule has 0 atom stereocenters. The van der Waals surface area contributed by atoms with Gasteiger partial charge in [-0.25, -0.2) is 19.0 Å². The van der Waals surface area contributed by atoms with Crippen molar-refractivity contribution >= 4 is 22.8 Å². The van der Waals surface area contributed by atoms with Crippen LogP contribution in [0.25, 0.3) is 22.2 Å². The van der Waals surface area contributed by atoms with Crippen molar-refractivity contribution in [2.24, 2.45) is 7.05 Å². The standard InChI is InChI=1S/C24H20FN7O/c1-15-19(12-27-31(15)2)22-11-18(17-8-4-6-10-21(17)28-22)23(33)29-24-26-14-32(30-24)13-16-7-3-5-9-20(16)25/h3-12,14H,13H2,1-2H3,(H,29,30,33). The number of para-hydroxylation sites is 1. The number of hydrogen-bond acceptors (Lipinski definition) is 5. The number of rotatable bonds is 5. The van der Waals surface area contributed by atoms with Crippen molar-refractivity contribution in [1.82, 2.24) is 29.5 Å². The highest BCUT2D eigenvalue weighted by Crippen LogP contribution is 2.27. The zero-order chi connectivity index (χ0) is 22.9. The normalized spacial score (nSPS) is 11.1. The molecule has 0 aliphatic heterocycles. The zero-order valence-corrected chi connectivity index (χ0v) is 18.0. The lowest BCUT2D eigenvalue weighted by Crippen LogP contribution is -2.14. The van der Waals surface area contributed by atoms with E-state index in [4.69, 9.17) is 4.98 Å². The van der Waals surface area contributed by atoms with Gasteiger partial charge in [0.2, 0.25) is 5.95 Å². The molecule has 0 saturated carbocycles. The molecule has 5 aromatic rings. The van der Waals surface area contributed by atoms with Gasteiger partial charge in [0.25, 0.3) is 5.91 Å². The third-order valence-corrected chi connectivity index (χ3v) is 5.52. The molecule has 0 fully saturated rings. The third kappa shape index (κ3) is 3.96. The Kier molecular flexibility index (Phi) is 5.14. The number of aromatic nitrogens is 6. The molecule has 0 unspecified atom stereocenters. The summed E-state index contributed by atoms with van der Waals surface area (Å²) in [4.78, 5) is 22.1. The molecule has 8 nitrogen and oxygen atoms in total. The monoisotopic (exact) mass is 441 g/mol. The van der Waals surface area contributed by atoms with Crippen molar-refractivity contribution in [3.63, 3.8) is 0 Å². The van der Waals surface area contributed by atoms with Crippen LogP contribution in [0.3, 0.4) is 0 Å². The van der Waals surface area contributed by atoms with Crippen LogP contribution in [-0.2, 0) is 13.6 Å². The number of anilines is 1. The first-order valence-corrected chi connectivity index (χ1v) is 10.3. The first kappa shape index (κ1) is 20.5. The Labute approximate surface area is 188 Å². The van der Waals surface area contributed by atoms with Crippen molar-refractivity contribution in [3.8, 4) is 11.3 Å². The molecule has 33 heavy (non-hydrogen) atoms. The van der Waals surface area contributed by atoms with Gasteiger partial charge >= 0.3 is 0 Å². The Morgan fingerprint density at radius 1 is 1.12 bits per heavy atom. The fraction of sp³-hybridized carbons (Fsp3) is 0.125. The van der Waals surface area contributed by atoms with E-state index < -0.39 is 0 Å². The SMILES string of the molecule is Cc1c(-c2cc(C(=O)Nc3ncn(Cc4ccccc4F)n3)c3ccccc3n2)cnn1C. The van der Waals surface area contributed by atoms with Gasteiger partial charge < -0.3 is 0 Å². The summed E-state index contributed by atoms with van der Waals surface area (Å²) in [6.45, 7) is 2.16. The lowest BCUT2D eigenvalue weighted by atomic mass is 10.0. The fourth-order valence-electron chi connectivity index (χ4n) is 3.65. The van der Waals surface area contributed by atoms with E-state index in [0.717, 1.165) is 11.3 Å². The van der Waals surface area contributed by atoms with E-state index in [1.165, 1.54) is 17.1 Å². The van der Waals surface area contributed by atoms with Gasteiger partial charge in [0, 0.05) is 29.3 Å². The average Bonchev–Trinajstić information content (AvgIpc) is 3.40. The number of pyridine rings is 1. The van der Waals surface area contributed by atoms with Gasteiger partial charge in [-0.1, -0.05) is 36.4 Å². The van der Waals surface area contributed by atoms with E-state index in [0.29, 0.717) is 27.7 Å². The summed E-state index contributed by atoms with van der Waals surface area (Å²) in [6.07, 6.45) is 3.19. The van der Waals surface area contributed by atoms with Crippen LogP contribution < -0.4 is 5.32 Å². The van der Waals surface area contributed by atoms with Crippen molar-refractivity contribution in [2.75, 3.05) is 5.32 Å². The van der Waals surface area contributed by atoms with Gasteiger partial charge in [-0.2, -0.15) is 5.10 Å². The molecule has 3 heterocycles. The number of amides is 1. The lowest BCUT2D eigenvalue weighted by Gasteiger charge is -2.09. The minimum absolute atomic E-state index is 0.136. The first-order chi connectivity index (χ1) is 16.0. The molecule has 0 aliphatic rings. The maximum absolute atomic E-state index is 13.9. The minimum Gasteiger partial charge on any atom is -0.289 e. The van der Waals surface area contributed by atoms with Gasteiger partial charge in [-0.3, -0.25) is 14.8 Å². The smallest absolute Gasteiger partial charge is 0.258 e. The molecule has 5 rings (SSSR count). The number of benzene rings is 2. The number of carbonyl (C=O) groups is 1. The average molecular weight is 441 g/mol. The highest BCUT2D eigenvalue weighted by Gasteiger charge is 2.17. The van der Waals surface area contributed by atoms with Crippen molar-refractivity contribution < 1.29 is 9.18 Å². The zero-order valence-electron chi connectivity index (χ0n) is 18.0. The van der Waals surface area contributed by atoms with Crippen molar-refractivity contribution in [1.29, 1.82) is 0 Å². The van der Waals surface area contributed by atoms with Crippen molar-refractivity contribution in [2.45, 2.75) is 13.5 Å². The Bertz CT molecular complexity index is 1490. The maximum atomic E-state index is 13.9. The summed E-state index contributed by atoms with van der Waals surface area (Å²) in [5.74, 6) is -0.545. The number of halogens is 1. The molecule has 1 N–H and O–H groups in total. The van der Waals surface area contributed by atoms with E-state index >= 15 is 0 Å². The van der Waals surface area contributed by atoms with Gasteiger partial charge in [0.15, 0.2) is 0 Å². The van der Waals surface area contributed by atoms with Crippen molar-refractivity contribution in [3.05, 3.63) is 89.8 Å². The van der Waals surface area contributed by atoms with Crippen LogP contribution in [0.15, 0.2) is 67.1 Å². The van der Waals surface area contributed by atoms with E-state index in [1.54, 1.807) is 35.1 Å². The Hall–Kier alpha value is -4.40. The highest BCUT2D eigenvalue weighted by atomic mass is 19.1. The minimum atomic E-state index is -0.361. The molecule has 0 radical (unpaired) electrons. The number of nitrogens with one attached hydrogen (secondary N) is 1. The molecule has 3 aromatic heterocycles. The number of nitrogens with zero attached hydrogens (tertiary/aromatic N) is 6. The predicted octanol–water partition coefficient (Wildman–Crippen LogP) is 3.97. The summed E-state index contributed by atoms with van der Waals surface area (Å²) in [6, 6.07) is 15.7. The molecule has 0 spiro atoms. The molecule has 164 valence electrons. The van der Waals surface area contributed by atoms with Crippen LogP contribution >= 0.6 is 0 Å². The second-order valence-corrected chi connectivity index (χ2v) is 7.65. The molecule has 9 heteroatoms. The van der Waals surface area contributed by atoms with Gasteiger partial charge in [0.1, 0.15) is 12.1 Å². The Balaban J connectivity index is 1.46. The number of hydrogen-bond donors (Lipinski definition) is 1. The number of carbonyl (C=O) groups excluding carboxylic acids is 1. The summed E-state index contributed by atoms with van der Waals surface area (Å²) < 4.78 is 17.2. The quantitative estimate of drug-likeness (QED) is 0.446. The molecular formula is C24H20FN7O. The van der Waals surface area contributed by atoms with E-state index in [-0.39, 0.29) is 24.2 Å². The predicted molar refractivity (Wildman–Crippen MR) is 122 cm³/mol. The molecule has 0 saturated heterocycles. The maximum Gasteiger partial charge on any atom is 0.258 e. The molecular weight excluding hydrogens is 421 g/mol. The topological polar surface area (TPSA) is 90.5 Å². The molecule has 1 amide bonds. The van der Waals surface area contributed by atoms with Crippen LogP contribution in [0.1, 0.15) is 21.6 Å². The van der Waals surface area contributed by atoms with E-state index in [1.807, 2.05) is 38.2 Å².